The molecule has 2 aromatic heterocycles. The first-order valence-electron chi connectivity index (χ1n) is 9.88. The summed E-state index contributed by atoms with van der Waals surface area (Å²) in [5.74, 6) is -0.562. The van der Waals surface area contributed by atoms with Crippen LogP contribution in [0.1, 0.15) is 20.8 Å². The summed E-state index contributed by atoms with van der Waals surface area (Å²) in [5, 5.41) is 17.0. The molecule has 0 fully saturated rings. The number of pyridine rings is 1. The molecule has 5 rings (SSSR count). The molecule has 0 spiro atoms. The highest BCUT2D eigenvalue weighted by atomic mass is 32.2. The number of methoxy groups -OCH3 is 1. The number of thioether (sulfide) groups is 1. The second-order valence-electron chi connectivity index (χ2n) is 6.94. The number of amidine groups is 2. The molecule has 2 aliphatic rings. The lowest BCUT2D eigenvalue weighted by atomic mass is 10.1. The number of hydrogen-bond donors (Lipinski definition) is 1. The van der Waals surface area contributed by atoms with Crippen LogP contribution in [-0.2, 0) is 4.79 Å². The molecule has 4 heterocycles. The second kappa shape index (κ2) is 9.04. The number of aliphatic imine (C=N–C) groups is 1. The summed E-state index contributed by atoms with van der Waals surface area (Å²) in [6.07, 6.45) is 4.84. The zero-order valence-electron chi connectivity index (χ0n) is 17.6. The van der Waals surface area contributed by atoms with Crippen LogP contribution in [0.25, 0.3) is 6.08 Å². The summed E-state index contributed by atoms with van der Waals surface area (Å²) in [6.45, 7) is 0. The van der Waals surface area contributed by atoms with Crippen LogP contribution in [0.4, 0.5) is 0 Å². The van der Waals surface area contributed by atoms with Crippen molar-refractivity contribution in [2.75, 3.05) is 7.11 Å². The van der Waals surface area contributed by atoms with Gasteiger partial charge in [0.15, 0.2) is 17.3 Å². The quantitative estimate of drug-likeness (QED) is 0.327. The Bertz CT molecular complexity index is 1400. The number of thiophene rings is 1. The number of carbonyl (C=O) groups is 2. The maximum Gasteiger partial charge on any atom is 0.353 e. The Morgan fingerprint density at radius 1 is 1.18 bits per heavy atom. The van der Waals surface area contributed by atoms with Gasteiger partial charge >= 0.3 is 5.97 Å². The maximum absolute atomic E-state index is 12.7. The standard InChI is InChI=1S/C23H15N5O4S2/c1-31-17-11-13(6-7-16(17)32-22(30)18-5-3-9-33-18)10-15-19(24)28-23(26-20(15)29)34-21(27-28)14-4-2-8-25-12-14/h2-12,24H,1H3. The molecule has 1 N–H and O–H groups in total. The van der Waals surface area contributed by atoms with E-state index in [1.165, 1.54) is 41.3 Å². The van der Waals surface area contributed by atoms with E-state index in [9.17, 15) is 9.59 Å². The normalized spacial score (nSPS) is 16.3. The number of benzene rings is 1. The largest absolute Gasteiger partial charge is 0.493 e. The molecule has 0 bridgehead atoms. The Kier molecular flexibility index (Phi) is 5.78. The Hall–Kier alpha value is -4.09. The molecule has 168 valence electrons. The van der Waals surface area contributed by atoms with Crippen molar-refractivity contribution in [2.24, 2.45) is 10.1 Å². The van der Waals surface area contributed by atoms with Crippen molar-refractivity contribution in [3.8, 4) is 11.5 Å². The molecule has 0 radical (unpaired) electrons. The molecule has 1 aromatic carbocycles. The minimum absolute atomic E-state index is 0.0749. The van der Waals surface area contributed by atoms with E-state index in [0.717, 1.165) is 5.56 Å². The van der Waals surface area contributed by atoms with Gasteiger partial charge in [0.25, 0.3) is 5.91 Å². The molecular formula is C23H15N5O4S2. The van der Waals surface area contributed by atoms with Gasteiger partial charge in [0.1, 0.15) is 9.92 Å². The van der Waals surface area contributed by atoms with Gasteiger partial charge in [-0.25, -0.2) is 4.79 Å². The van der Waals surface area contributed by atoms with Crippen LogP contribution in [0, 0.1) is 5.41 Å². The number of amides is 1. The molecule has 0 unspecified atom stereocenters. The predicted octanol–water partition coefficient (Wildman–Crippen LogP) is 4.04. The molecule has 0 atom stereocenters. The van der Waals surface area contributed by atoms with Crippen molar-refractivity contribution < 1.29 is 19.1 Å². The fourth-order valence-electron chi connectivity index (χ4n) is 3.17. The molecule has 0 saturated carbocycles. The number of aromatic nitrogens is 1. The van der Waals surface area contributed by atoms with E-state index in [1.807, 2.05) is 6.07 Å². The third-order valence-corrected chi connectivity index (χ3v) is 6.59. The van der Waals surface area contributed by atoms with E-state index in [-0.39, 0.29) is 17.2 Å². The highest BCUT2D eigenvalue weighted by Crippen LogP contribution is 2.33. The van der Waals surface area contributed by atoms with Crippen molar-refractivity contribution in [2.45, 2.75) is 0 Å². The number of hydrogen-bond acceptors (Lipinski definition) is 9. The van der Waals surface area contributed by atoms with Gasteiger partial charge in [0.05, 0.1) is 12.7 Å². The average molecular weight is 490 g/mol. The zero-order chi connectivity index (χ0) is 23.7. The number of nitrogens with zero attached hydrogens (tertiary/aromatic N) is 4. The summed E-state index contributed by atoms with van der Waals surface area (Å²) in [6, 6.07) is 11.9. The Balaban J connectivity index is 1.41. The number of nitrogens with one attached hydrogen (secondary N) is 1. The van der Waals surface area contributed by atoms with Gasteiger partial charge in [-0.2, -0.15) is 15.1 Å². The molecule has 34 heavy (non-hydrogen) atoms. The van der Waals surface area contributed by atoms with Gasteiger partial charge in [-0.15, -0.1) is 11.3 Å². The lowest BCUT2D eigenvalue weighted by molar-refractivity contribution is -0.114. The van der Waals surface area contributed by atoms with Gasteiger partial charge in [-0.1, -0.05) is 12.1 Å². The minimum atomic E-state index is -0.543. The molecule has 3 aromatic rings. The van der Waals surface area contributed by atoms with E-state index in [1.54, 1.807) is 54.2 Å². The molecule has 1 amide bonds. The minimum Gasteiger partial charge on any atom is -0.493 e. The fraction of sp³-hybridized carbons (Fsp3) is 0.0435. The Morgan fingerprint density at radius 3 is 2.79 bits per heavy atom. The highest BCUT2D eigenvalue weighted by Gasteiger charge is 2.36. The van der Waals surface area contributed by atoms with Gasteiger partial charge in [0.2, 0.25) is 5.17 Å². The van der Waals surface area contributed by atoms with E-state index < -0.39 is 11.9 Å². The molecule has 2 aliphatic heterocycles. The molecule has 0 saturated heterocycles. The van der Waals surface area contributed by atoms with Crippen molar-refractivity contribution in [3.05, 3.63) is 81.8 Å². The molecule has 9 nitrogen and oxygen atoms in total. The van der Waals surface area contributed by atoms with E-state index in [2.05, 4.69) is 15.1 Å². The van der Waals surface area contributed by atoms with E-state index >= 15 is 0 Å². The van der Waals surface area contributed by atoms with Gasteiger partial charge in [0, 0.05) is 18.0 Å². The van der Waals surface area contributed by atoms with Crippen molar-refractivity contribution >= 4 is 57.1 Å². The van der Waals surface area contributed by atoms with Gasteiger partial charge < -0.3 is 9.47 Å². The molecule has 11 heteroatoms. The third-order valence-electron chi connectivity index (χ3n) is 4.79. The first kappa shape index (κ1) is 21.7. The summed E-state index contributed by atoms with van der Waals surface area (Å²) in [4.78, 5) is 33.6. The summed E-state index contributed by atoms with van der Waals surface area (Å²) < 4.78 is 10.8. The Morgan fingerprint density at radius 2 is 2.06 bits per heavy atom. The number of fused-ring (bicyclic) bond motifs is 1. The van der Waals surface area contributed by atoms with Crippen molar-refractivity contribution in [3.63, 3.8) is 0 Å². The SMILES string of the molecule is COc1cc(C=C2C(=N)N3N=C(c4cccnc4)SC3=NC2=O)ccc1OC(=O)c1cccs1. The third kappa shape index (κ3) is 4.14. The lowest BCUT2D eigenvalue weighted by Gasteiger charge is -2.20. The summed E-state index contributed by atoms with van der Waals surface area (Å²) in [5.41, 5.74) is 1.42. The van der Waals surface area contributed by atoms with Crippen LogP contribution < -0.4 is 9.47 Å². The number of rotatable bonds is 5. The predicted molar refractivity (Wildman–Crippen MR) is 131 cm³/mol. The van der Waals surface area contributed by atoms with Crippen molar-refractivity contribution in [1.82, 2.24) is 9.99 Å². The summed E-state index contributed by atoms with van der Waals surface area (Å²) in [7, 11) is 1.45. The first-order valence-corrected chi connectivity index (χ1v) is 11.6. The second-order valence-corrected chi connectivity index (χ2v) is 8.85. The fourth-order valence-corrected chi connectivity index (χ4v) is 4.65. The maximum atomic E-state index is 12.7. The number of carbonyl (C=O) groups excluding carboxylic acids is 2. The van der Waals surface area contributed by atoms with E-state index in [0.29, 0.717) is 26.4 Å². The molecule has 0 aliphatic carbocycles. The average Bonchev–Trinajstić information content (AvgIpc) is 3.54. The van der Waals surface area contributed by atoms with Crippen molar-refractivity contribution in [1.29, 1.82) is 5.41 Å². The van der Waals surface area contributed by atoms with Gasteiger partial charge in [-0.05, 0) is 59.1 Å². The van der Waals surface area contributed by atoms with Crippen LogP contribution in [0.5, 0.6) is 11.5 Å². The van der Waals surface area contributed by atoms with Gasteiger partial charge in [-0.3, -0.25) is 15.2 Å². The summed E-state index contributed by atoms with van der Waals surface area (Å²) >= 11 is 2.48. The lowest BCUT2D eigenvalue weighted by Crippen LogP contribution is -2.35. The van der Waals surface area contributed by atoms with Crippen LogP contribution in [0.3, 0.4) is 0 Å². The Labute approximate surface area is 202 Å². The number of hydrazone groups is 1. The van der Waals surface area contributed by atoms with Crippen LogP contribution in [-0.4, -0.2) is 45.0 Å². The van der Waals surface area contributed by atoms with Crippen LogP contribution in [0.2, 0.25) is 0 Å². The van der Waals surface area contributed by atoms with Crippen LogP contribution in [0.15, 0.2) is 75.9 Å². The van der Waals surface area contributed by atoms with E-state index in [4.69, 9.17) is 14.9 Å². The smallest absolute Gasteiger partial charge is 0.353 e. The monoisotopic (exact) mass is 489 g/mol. The van der Waals surface area contributed by atoms with Crippen LogP contribution >= 0.6 is 23.1 Å². The number of esters is 1. The topological polar surface area (TPSA) is 117 Å². The first-order chi connectivity index (χ1) is 16.5. The zero-order valence-corrected chi connectivity index (χ0v) is 19.2. The number of ether oxygens (including phenoxy) is 2. The molecular weight excluding hydrogens is 474 g/mol. The highest BCUT2D eigenvalue weighted by molar-refractivity contribution is 8.27.